The highest BCUT2D eigenvalue weighted by atomic mass is 16.5. The summed E-state index contributed by atoms with van der Waals surface area (Å²) < 4.78 is 5.04. The van der Waals surface area contributed by atoms with Crippen LogP contribution in [0.4, 0.5) is 0 Å². The first-order chi connectivity index (χ1) is 9.01. The molecule has 2 unspecified atom stereocenters. The van der Waals surface area contributed by atoms with Crippen molar-refractivity contribution in [3.8, 4) is 0 Å². The summed E-state index contributed by atoms with van der Waals surface area (Å²) in [6, 6.07) is 4.33. The number of rotatable bonds is 7. The van der Waals surface area contributed by atoms with Crippen molar-refractivity contribution in [1.82, 2.24) is 5.32 Å². The van der Waals surface area contributed by atoms with Crippen LogP contribution in [0.25, 0.3) is 0 Å². The van der Waals surface area contributed by atoms with E-state index in [4.69, 9.17) is 4.74 Å². The molecule has 0 saturated carbocycles. The van der Waals surface area contributed by atoms with Gasteiger partial charge in [0, 0.05) is 19.7 Å². The van der Waals surface area contributed by atoms with E-state index in [0.717, 1.165) is 29.7 Å². The lowest BCUT2D eigenvalue weighted by atomic mass is 9.91. The van der Waals surface area contributed by atoms with Gasteiger partial charge in [0.05, 0.1) is 12.7 Å². The average molecular weight is 265 g/mol. The monoisotopic (exact) mass is 265 g/mol. The molecule has 3 heteroatoms. The second-order valence-corrected chi connectivity index (χ2v) is 5.22. The molecule has 3 nitrogen and oxygen atoms in total. The van der Waals surface area contributed by atoms with Crippen molar-refractivity contribution in [3.63, 3.8) is 0 Å². The molecule has 0 amide bonds. The smallest absolute Gasteiger partial charge is 0.0947 e. The van der Waals surface area contributed by atoms with E-state index in [0.29, 0.717) is 6.61 Å². The average Bonchev–Trinajstić information content (AvgIpc) is 2.33. The molecule has 0 fully saturated rings. The standard InChI is InChI=1S/C16H27NO2/c1-6-14(17-7-8-19-5)16(18)15-12(3)9-11(2)10-13(15)4/h9-10,14,16-18H,6-8H2,1-5H3. The number of hydrogen-bond acceptors (Lipinski definition) is 3. The minimum absolute atomic E-state index is 0.0651. The maximum Gasteiger partial charge on any atom is 0.0947 e. The molecule has 1 rings (SSSR count). The van der Waals surface area contributed by atoms with E-state index in [-0.39, 0.29) is 6.04 Å². The maximum atomic E-state index is 10.6. The number of aliphatic hydroxyl groups excluding tert-OH is 1. The van der Waals surface area contributed by atoms with Crippen LogP contribution < -0.4 is 5.32 Å². The van der Waals surface area contributed by atoms with Gasteiger partial charge in [-0.25, -0.2) is 0 Å². The van der Waals surface area contributed by atoms with Crippen molar-refractivity contribution in [2.45, 2.75) is 46.3 Å². The molecule has 0 spiro atoms. The Labute approximate surface area is 117 Å². The van der Waals surface area contributed by atoms with Crippen molar-refractivity contribution in [2.75, 3.05) is 20.3 Å². The van der Waals surface area contributed by atoms with Gasteiger partial charge in [0.15, 0.2) is 0 Å². The highest BCUT2D eigenvalue weighted by molar-refractivity contribution is 5.39. The van der Waals surface area contributed by atoms with Gasteiger partial charge >= 0.3 is 0 Å². The fourth-order valence-corrected chi connectivity index (χ4v) is 2.68. The molecule has 108 valence electrons. The Balaban J connectivity index is 2.88. The summed E-state index contributed by atoms with van der Waals surface area (Å²) in [5.41, 5.74) is 4.63. The van der Waals surface area contributed by atoms with Gasteiger partial charge in [0.2, 0.25) is 0 Å². The molecule has 0 radical (unpaired) electrons. The van der Waals surface area contributed by atoms with Crippen LogP contribution in [-0.2, 0) is 4.74 Å². The molecular formula is C16H27NO2. The third-order valence-corrected chi connectivity index (χ3v) is 3.57. The molecule has 0 bridgehead atoms. The number of benzene rings is 1. The van der Waals surface area contributed by atoms with E-state index >= 15 is 0 Å². The predicted octanol–water partition coefficient (Wildman–Crippen LogP) is 2.66. The number of aryl methyl sites for hydroxylation is 3. The molecule has 2 N–H and O–H groups in total. The Morgan fingerprint density at radius 1 is 1.21 bits per heavy atom. The van der Waals surface area contributed by atoms with Crippen molar-refractivity contribution >= 4 is 0 Å². The molecule has 2 atom stereocenters. The lowest BCUT2D eigenvalue weighted by Gasteiger charge is -2.26. The van der Waals surface area contributed by atoms with Crippen LogP contribution in [0.15, 0.2) is 12.1 Å². The second-order valence-electron chi connectivity index (χ2n) is 5.22. The maximum absolute atomic E-state index is 10.6. The van der Waals surface area contributed by atoms with Crippen LogP contribution >= 0.6 is 0 Å². The van der Waals surface area contributed by atoms with Gasteiger partial charge < -0.3 is 15.2 Å². The summed E-state index contributed by atoms with van der Waals surface area (Å²) in [6.07, 6.45) is 0.417. The molecule has 0 heterocycles. The number of nitrogens with one attached hydrogen (secondary N) is 1. The third-order valence-electron chi connectivity index (χ3n) is 3.57. The molecule has 1 aromatic rings. The lowest BCUT2D eigenvalue weighted by molar-refractivity contribution is 0.116. The summed E-state index contributed by atoms with van der Waals surface area (Å²) in [6.45, 7) is 9.74. The van der Waals surface area contributed by atoms with Crippen LogP contribution in [0.2, 0.25) is 0 Å². The van der Waals surface area contributed by atoms with Crippen LogP contribution in [-0.4, -0.2) is 31.4 Å². The van der Waals surface area contributed by atoms with Crippen LogP contribution in [0.1, 0.15) is 41.7 Å². The van der Waals surface area contributed by atoms with E-state index in [1.165, 1.54) is 5.56 Å². The number of aliphatic hydroxyl groups is 1. The zero-order valence-corrected chi connectivity index (χ0v) is 12.8. The fourth-order valence-electron chi connectivity index (χ4n) is 2.68. The summed E-state index contributed by atoms with van der Waals surface area (Å²) in [5, 5.41) is 14.0. The highest BCUT2D eigenvalue weighted by Gasteiger charge is 2.22. The first-order valence-electron chi connectivity index (χ1n) is 6.99. The Bertz CT molecular complexity index is 381. The summed E-state index contributed by atoms with van der Waals surface area (Å²) in [5.74, 6) is 0. The van der Waals surface area contributed by atoms with E-state index in [1.807, 2.05) is 0 Å². The molecule has 0 aromatic heterocycles. The van der Waals surface area contributed by atoms with E-state index in [2.05, 4.69) is 45.1 Å². The molecule has 0 aliphatic rings. The molecule has 0 aliphatic carbocycles. The zero-order valence-electron chi connectivity index (χ0n) is 12.8. The van der Waals surface area contributed by atoms with Crippen LogP contribution in [0.5, 0.6) is 0 Å². The quantitative estimate of drug-likeness (QED) is 0.745. The molecule has 1 aromatic carbocycles. The highest BCUT2D eigenvalue weighted by Crippen LogP contribution is 2.26. The largest absolute Gasteiger partial charge is 0.387 e. The van der Waals surface area contributed by atoms with Crippen molar-refractivity contribution in [2.24, 2.45) is 0 Å². The van der Waals surface area contributed by atoms with Gasteiger partial charge in [-0.15, -0.1) is 0 Å². The first kappa shape index (κ1) is 16.2. The molecule has 0 aliphatic heterocycles. The summed E-state index contributed by atoms with van der Waals surface area (Å²) >= 11 is 0. The summed E-state index contributed by atoms with van der Waals surface area (Å²) in [4.78, 5) is 0. The Kier molecular flexibility index (Phi) is 6.49. The topological polar surface area (TPSA) is 41.5 Å². The first-order valence-corrected chi connectivity index (χ1v) is 6.99. The van der Waals surface area contributed by atoms with Gasteiger partial charge in [0.25, 0.3) is 0 Å². The zero-order chi connectivity index (χ0) is 14.4. The fraction of sp³-hybridized carbons (Fsp3) is 0.625. The SMILES string of the molecule is CCC(NCCOC)C(O)c1c(C)cc(C)cc1C. The summed E-state index contributed by atoms with van der Waals surface area (Å²) in [7, 11) is 1.69. The van der Waals surface area contributed by atoms with Gasteiger partial charge in [-0.3, -0.25) is 0 Å². The minimum atomic E-state index is -0.470. The van der Waals surface area contributed by atoms with Gasteiger partial charge in [-0.1, -0.05) is 24.6 Å². The Morgan fingerprint density at radius 2 is 1.79 bits per heavy atom. The van der Waals surface area contributed by atoms with Gasteiger partial charge in [0.1, 0.15) is 0 Å². The lowest BCUT2D eigenvalue weighted by Crippen LogP contribution is -2.37. The van der Waals surface area contributed by atoms with E-state index in [1.54, 1.807) is 7.11 Å². The van der Waals surface area contributed by atoms with E-state index in [9.17, 15) is 5.11 Å². The van der Waals surface area contributed by atoms with Gasteiger partial charge in [-0.05, 0) is 43.9 Å². The minimum Gasteiger partial charge on any atom is -0.387 e. The van der Waals surface area contributed by atoms with E-state index < -0.39 is 6.10 Å². The predicted molar refractivity (Wildman–Crippen MR) is 79.6 cm³/mol. The second kappa shape index (κ2) is 7.63. The van der Waals surface area contributed by atoms with Crippen molar-refractivity contribution < 1.29 is 9.84 Å². The van der Waals surface area contributed by atoms with Crippen molar-refractivity contribution in [1.29, 1.82) is 0 Å². The Hall–Kier alpha value is -0.900. The molecule has 0 saturated heterocycles. The number of hydrogen-bond donors (Lipinski definition) is 2. The van der Waals surface area contributed by atoms with Gasteiger partial charge in [-0.2, -0.15) is 0 Å². The molecular weight excluding hydrogens is 238 g/mol. The van der Waals surface area contributed by atoms with Crippen LogP contribution in [0, 0.1) is 20.8 Å². The molecule has 19 heavy (non-hydrogen) atoms. The van der Waals surface area contributed by atoms with Crippen molar-refractivity contribution in [3.05, 3.63) is 34.4 Å². The number of ether oxygens (including phenoxy) is 1. The third kappa shape index (κ3) is 4.30. The number of methoxy groups -OCH3 is 1. The Morgan fingerprint density at radius 3 is 2.26 bits per heavy atom. The van der Waals surface area contributed by atoms with Crippen LogP contribution in [0.3, 0.4) is 0 Å². The normalized spacial score (nSPS) is 14.4.